The summed E-state index contributed by atoms with van der Waals surface area (Å²) in [5.74, 6) is 0.835. The zero-order chi connectivity index (χ0) is 11.5. The highest BCUT2D eigenvalue weighted by molar-refractivity contribution is 7.20. The van der Waals surface area contributed by atoms with Gasteiger partial charge in [-0.05, 0) is 18.2 Å². The molecule has 0 amide bonds. The molecule has 1 heterocycles. The molecule has 2 aromatic rings. The molecule has 0 atom stereocenters. The Bertz CT molecular complexity index is 516. The summed E-state index contributed by atoms with van der Waals surface area (Å²) in [6, 6.07) is 7.63. The van der Waals surface area contributed by atoms with Gasteiger partial charge in [0.2, 0.25) is 0 Å². The van der Waals surface area contributed by atoms with E-state index in [1.807, 2.05) is 24.3 Å². The minimum Gasteiger partial charge on any atom is -0.507 e. The van der Waals surface area contributed by atoms with E-state index in [0.29, 0.717) is 0 Å². The number of aliphatic hydroxyl groups excluding tert-OH is 1. The van der Waals surface area contributed by atoms with E-state index in [9.17, 15) is 5.11 Å². The number of thiophene rings is 1. The minimum absolute atomic E-state index is 0.0823. The maximum Gasteiger partial charge on any atom is 0.188 e. The number of benzene rings is 1. The number of fused-ring (bicyclic) bond motifs is 1. The monoisotopic (exact) mass is 236 g/mol. The van der Waals surface area contributed by atoms with Crippen molar-refractivity contribution < 1.29 is 14.6 Å². The van der Waals surface area contributed by atoms with Crippen molar-refractivity contribution in [2.45, 2.75) is 0 Å². The molecule has 84 valence electrons. The zero-order valence-corrected chi connectivity index (χ0v) is 9.71. The molecule has 0 saturated carbocycles. The highest BCUT2D eigenvalue weighted by Crippen LogP contribution is 2.34. The summed E-state index contributed by atoms with van der Waals surface area (Å²) >= 11 is 1.48. The summed E-state index contributed by atoms with van der Waals surface area (Å²) in [6.07, 6.45) is 0. The van der Waals surface area contributed by atoms with Crippen LogP contribution in [0.5, 0.6) is 5.75 Å². The normalized spacial score (nSPS) is 10.6. The van der Waals surface area contributed by atoms with Crippen molar-refractivity contribution in [3.63, 3.8) is 0 Å². The van der Waals surface area contributed by atoms with Crippen molar-refractivity contribution in [1.82, 2.24) is 0 Å². The van der Waals surface area contributed by atoms with Gasteiger partial charge in [-0.15, -0.1) is 11.3 Å². The Balaban J connectivity index is 2.45. The molecule has 0 fully saturated rings. The van der Waals surface area contributed by atoms with Crippen molar-refractivity contribution in [3.05, 3.63) is 35.7 Å². The van der Waals surface area contributed by atoms with Gasteiger partial charge in [0, 0.05) is 17.2 Å². The fourth-order valence-electron chi connectivity index (χ4n) is 1.42. The zero-order valence-electron chi connectivity index (χ0n) is 8.90. The molecule has 0 saturated heterocycles. The summed E-state index contributed by atoms with van der Waals surface area (Å²) in [4.78, 5) is 0.753. The average Bonchev–Trinajstić information content (AvgIpc) is 2.70. The molecule has 2 rings (SSSR count). The van der Waals surface area contributed by atoms with E-state index >= 15 is 0 Å². The molecular formula is C12H12O3S. The molecule has 4 heteroatoms. The lowest BCUT2D eigenvalue weighted by molar-refractivity contribution is 0.0522. The number of ether oxygens (including phenoxy) is 2. The van der Waals surface area contributed by atoms with Crippen LogP contribution in [0.15, 0.2) is 30.8 Å². The van der Waals surface area contributed by atoms with Gasteiger partial charge in [0.15, 0.2) is 6.79 Å². The summed E-state index contributed by atoms with van der Waals surface area (Å²) < 4.78 is 11.4. The summed E-state index contributed by atoms with van der Waals surface area (Å²) in [6.45, 7) is 3.73. The topological polar surface area (TPSA) is 38.7 Å². The van der Waals surface area contributed by atoms with Crippen LogP contribution < -0.4 is 4.74 Å². The van der Waals surface area contributed by atoms with Crippen LogP contribution in [0.1, 0.15) is 4.88 Å². The van der Waals surface area contributed by atoms with Gasteiger partial charge in [0.25, 0.3) is 0 Å². The smallest absolute Gasteiger partial charge is 0.188 e. The van der Waals surface area contributed by atoms with Gasteiger partial charge < -0.3 is 14.6 Å². The van der Waals surface area contributed by atoms with Crippen LogP contribution in [0, 0.1) is 0 Å². The third-order valence-electron chi connectivity index (χ3n) is 2.14. The first-order chi connectivity index (χ1) is 7.72. The first-order valence-corrected chi connectivity index (χ1v) is 5.56. The van der Waals surface area contributed by atoms with Crippen molar-refractivity contribution >= 4 is 27.2 Å². The second-order valence-electron chi connectivity index (χ2n) is 3.28. The van der Waals surface area contributed by atoms with E-state index in [2.05, 4.69) is 6.58 Å². The van der Waals surface area contributed by atoms with Gasteiger partial charge in [-0.3, -0.25) is 0 Å². The molecule has 1 N–H and O–H groups in total. The Kier molecular flexibility index (Phi) is 3.12. The summed E-state index contributed by atoms with van der Waals surface area (Å²) in [5, 5.41) is 10.3. The molecule has 3 nitrogen and oxygen atoms in total. The van der Waals surface area contributed by atoms with Crippen molar-refractivity contribution in [2.75, 3.05) is 13.9 Å². The fraction of sp³-hybridized carbons (Fsp3) is 0.167. The SMILES string of the molecule is C=C(O)c1cc2c(OCOC)cccc2s1. The van der Waals surface area contributed by atoms with Crippen LogP contribution >= 0.6 is 11.3 Å². The first kappa shape index (κ1) is 11.0. The van der Waals surface area contributed by atoms with E-state index in [1.54, 1.807) is 7.11 Å². The molecule has 16 heavy (non-hydrogen) atoms. The van der Waals surface area contributed by atoms with Crippen LogP contribution in [-0.4, -0.2) is 19.0 Å². The Labute approximate surface area is 97.5 Å². The van der Waals surface area contributed by atoms with Gasteiger partial charge in [0.05, 0.1) is 4.88 Å². The van der Waals surface area contributed by atoms with Crippen molar-refractivity contribution in [3.8, 4) is 5.75 Å². The van der Waals surface area contributed by atoms with Crippen molar-refractivity contribution in [1.29, 1.82) is 0 Å². The Morgan fingerprint density at radius 1 is 1.50 bits per heavy atom. The highest BCUT2D eigenvalue weighted by Gasteiger charge is 2.08. The molecule has 0 radical (unpaired) electrons. The number of rotatable bonds is 4. The predicted octanol–water partition coefficient (Wildman–Crippen LogP) is 3.41. The third kappa shape index (κ3) is 2.03. The van der Waals surface area contributed by atoms with Gasteiger partial charge in [-0.1, -0.05) is 12.6 Å². The molecule has 0 aliphatic carbocycles. The van der Waals surface area contributed by atoms with Crippen LogP contribution in [0.4, 0.5) is 0 Å². The van der Waals surface area contributed by atoms with E-state index in [1.165, 1.54) is 11.3 Å². The predicted molar refractivity (Wildman–Crippen MR) is 66.0 cm³/mol. The number of hydrogen-bond acceptors (Lipinski definition) is 4. The molecular weight excluding hydrogens is 224 g/mol. The van der Waals surface area contributed by atoms with Crippen LogP contribution in [0.3, 0.4) is 0 Å². The van der Waals surface area contributed by atoms with E-state index in [0.717, 1.165) is 20.7 Å². The average molecular weight is 236 g/mol. The lowest BCUT2D eigenvalue weighted by atomic mass is 10.2. The Hall–Kier alpha value is -1.52. The second-order valence-corrected chi connectivity index (χ2v) is 4.36. The Morgan fingerprint density at radius 3 is 3.00 bits per heavy atom. The highest BCUT2D eigenvalue weighted by atomic mass is 32.1. The number of hydrogen-bond donors (Lipinski definition) is 1. The van der Waals surface area contributed by atoms with E-state index < -0.39 is 0 Å². The number of methoxy groups -OCH3 is 1. The lowest BCUT2D eigenvalue weighted by Gasteiger charge is -2.04. The number of aliphatic hydroxyl groups is 1. The van der Waals surface area contributed by atoms with Gasteiger partial charge >= 0.3 is 0 Å². The molecule has 0 bridgehead atoms. The van der Waals surface area contributed by atoms with Crippen LogP contribution in [-0.2, 0) is 4.74 Å². The van der Waals surface area contributed by atoms with Gasteiger partial charge in [-0.25, -0.2) is 0 Å². The van der Waals surface area contributed by atoms with Crippen LogP contribution in [0.25, 0.3) is 15.8 Å². The van der Waals surface area contributed by atoms with Gasteiger partial charge in [-0.2, -0.15) is 0 Å². The van der Waals surface area contributed by atoms with E-state index in [4.69, 9.17) is 9.47 Å². The third-order valence-corrected chi connectivity index (χ3v) is 3.29. The Morgan fingerprint density at radius 2 is 2.31 bits per heavy atom. The quantitative estimate of drug-likeness (QED) is 0.653. The van der Waals surface area contributed by atoms with Gasteiger partial charge in [0.1, 0.15) is 11.5 Å². The maximum absolute atomic E-state index is 9.34. The fourth-order valence-corrected chi connectivity index (χ4v) is 2.37. The summed E-state index contributed by atoms with van der Waals surface area (Å²) in [7, 11) is 1.58. The molecule has 0 unspecified atom stereocenters. The molecule has 0 aliphatic heterocycles. The summed E-state index contributed by atoms with van der Waals surface area (Å²) in [5.41, 5.74) is 0. The molecule has 0 aliphatic rings. The second kappa shape index (κ2) is 4.55. The molecule has 1 aromatic heterocycles. The molecule has 1 aromatic carbocycles. The first-order valence-electron chi connectivity index (χ1n) is 4.75. The standard InChI is InChI=1S/C12H12O3S/c1-8(13)12-6-9-10(15-7-14-2)4-3-5-11(9)16-12/h3-6,13H,1,7H2,2H3. The maximum atomic E-state index is 9.34. The van der Waals surface area contributed by atoms with Crippen molar-refractivity contribution in [2.24, 2.45) is 0 Å². The minimum atomic E-state index is 0.0823. The molecule has 0 spiro atoms. The largest absolute Gasteiger partial charge is 0.507 e. The van der Waals surface area contributed by atoms with Crippen LogP contribution in [0.2, 0.25) is 0 Å². The van der Waals surface area contributed by atoms with E-state index in [-0.39, 0.29) is 12.6 Å². The lowest BCUT2D eigenvalue weighted by Crippen LogP contribution is -1.98.